The molecule has 1 aromatic carbocycles. The molecule has 1 aromatic rings. The van der Waals surface area contributed by atoms with Crippen molar-refractivity contribution in [1.29, 1.82) is 0 Å². The number of halogens is 1. The SMILES string of the molecule is COc1ccc(Cl)cc1NC(=O)CN1CCC[C@@H]1C(=O)O. The van der Waals surface area contributed by atoms with Crippen LogP contribution in [0.5, 0.6) is 5.75 Å². The number of methoxy groups -OCH3 is 1. The van der Waals surface area contributed by atoms with E-state index in [0.29, 0.717) is 29.4 Å². The summed E-state index contributed by atoms with van der Waals surface area (Å²) in [5, 5.41) is 12.3. The van der Waals surface area contributed by atoms with E-state index in [0.717, 1.165) is 6.42 Å². The Morgan fingerprint density at radius 3 is 2.95 bits per heavy atom. The van der Waals surface area contributed by atoms with E-state index in [-0.39, 0.29) is 12.5 Å². The first-order valence-corrected chi connectivity index (χ1v) is 6.99. The van der Waals surface area contributed by atoms with E-state index in [9.17, 15) is 9.59 Å². The molecule has 114 valence electrons. The predicted octanol–water partition coefficient (Wildman–Crippen LogP) is 1.84. The first-order chi connectivity index (χ1) is 10.0. The maximum absolute atomic E-state index is 12.1. The Kier molecular flexibility index (Phi) is 5.03. The fourth-order valence-electron chi connectivity index (χ4n) is 2.45. The van der Waals surface area contributed by atoms with E-state index >= 15 is 0 Å². The number of carboxylic acid groups (broad SMARTS) is 1. The van der Waals surface area contributed by atoms with Crippen LogP contribution < -0.4 is 10.1 Å². The zero-order chi connectivity index (χ0) is 15.4. The van der Waals surface area contributed by atoms with Gasteiger partial charge in [0.15, 0.2) is 0 Å². The topological polar surface area (TPSA) is 78.9 Å². The van der Waals surface area contributed by atoms with Crippen molar-refractivity contribution in [2.75, 3.05) is 25.5 Å². The van der Waals surface area contributed by atoms with Crippen LogP contribution in [0.2, 0.25) is 5.02 Å². The normalized spacial score (nSPS) is 18.5. The van der Waals surface area contributed by atoms with E-state index in [1.54, 1.807) is 23.1 Å². The zero-order valence-electron chi connectivity index (χ0n) is 11.6. The van der Waals surface area contributed by atoms with E-state index in [4.69, 9.17) is 21.4 Å². The molecule has 0 radical (unpaired) electrons. The summed E-state index contributed by atoms with van der Waals surface area (Å²) in [5.41, 5.74) is 0.473. The van der Waals surface area contributed by atoms with Crippen LogP contribution in [0.3, 0.4) is 0 Å². The summed E-state index contributed by atoms with van der Waals surface area (Å²) in [7, 11) is 1.50. The molecule has 0 saturated carbocycles. The van der Waals surface area contributed by atoms with Gasteiger partial charge in [-0.25, -0.2) is 0 Å². The molecule has 0 aliphatic carbocycles. The van der Waals surface area contributed by atoms with Gasteiger partial charge in [-0.1, -0.05) is 11.6 Å². The number of nitrogens with zero attached hydrogens (tertiary/aromatic N) is 1. The Morgan fingerprint density at radius 1 is 1.52 bits per heavy atom. The van der Waals surface area contributed by atoms with Gasteiger partial charge in [-0.3, -0.25) is 14.5 Å². The van der Waals surface area contributed by atoms with Crippen molar-refractivity contribution in [3.8, 4) is 5.75 Å². The van der Waals surface area contributed by atoms with Crippen molar-refractivity contribution in [3.05, 3.63) is 23.2 Å². The minimum atomic E-state index is -0.888. The minimum Gasteiger partial charge on any atom is -0.495 e. The number of hydrogen-bond acceptors (Lipinski definition) is 4. The average molecular weight is 313 g/mol. The highest BCUT2D eigenvalue weighted by Crippen LogP contribution is 2.27. The molecule has 1 fully saturated rings. The first-order valence-electron chi connectivity index (χ1n) is 6.61. The fraction of sp³-hybridized carbons (Fsp3) is 0.429. The van der Waals surface area contributed by atoms with Gasteiger partial charge in [0.25, 0.3) is 0 Å². The first kappa shape index (κ1) is 15.6. The molecule has 21 heavy (non-hydrogen) atoms. The van der Waals surface area contributed by atoms with Crippen molar-refractivity contribution in [1.82, 2.24) is 4.90 Å². The fourth-order valence-corrected chi connectivity index (χ4v) is 2.62. The van der Waals surface area contributed by atoms with Gasteiger partial charge in [-0.2, -0.15) is 0 Å². The van der Waals surface area contributed by atoms with Gasteiger partial charge in [-0.05, 0) is 37.6 Å². The van der Waals surface area contributed by atoms with Crippen molar-refractivity contribution >= 4 is 29.2 Å². The summed E-state index contributed by atoms with van der Waals surface area (Å²) in [6.07, 6.45) is 1.35. The number of nitrogens with one attached hydrogen (secondary N) is 1. The molecule has 7 heteroatoms. The third-order valence-electron chi connectivity index (χ3n) is 3.43. The largest absolute Gasteiger partial charge is 0.495 e. The van der Waals surface area contributed by atoms with Gasteiger partial charge in [0.2, 0.25) is 5.91 Å². The number of rotatable bonds is 5. The number of anilines is 1. The Morgan fingerprint density at radius 2 is 2.29 bits per heavy atom. The van der Waals surface area contributed by atoms with E-state index in [1.807, 2.05) is 0 Å². The number of amides is 1. The Hall–Kier alpha value is -1.79. The zero-order valence-corrected chi connectivity index (χ0v) is 12.4. The molecule has 0 unspecified atom stereocenters. The molecule has 2 N–H and O–H groups in total. The standard InChI is InChI=1S/C14H17ClN2O4/c1-21-12-5-4-9(15)7-10(12)16-13(18)8-17-6-2-3-11(17)14(19)20/h4-5,7,11H,2-3,6,8H2,1H3,(H,16,18)(H,19,20)/t11-/m1/s1. The molecule has 0 aromatic heterocycles. The van der Waals surface area contributed by atoms with Crippen LogP contribution in [-0.2, 0) is 9.59 Å². The number of carboxylic acids is 1. The van der Waals surface area contributed by atoms with Gasteiger partial charge in [0, 0.05) is 5.02 Å². The smallest absolute Gasteiger partial charge is 0.320 e. The lowest BCUT2D eigenvalue weighted by molar-refractivity contribution is -0.142. The molecular weight excluding hydrogens is 296 g/mol. The van der Waals surface area contributed by atoms with Gasteiger partial charge >= 0.3 is 5.97 Å². The molecule has 0 bridgehead atoms. The van der Waals surface area contributed by atoms with Crippen LogP contribution >= 0.6 is 11.6 Å². The van der Waals surface area contributed by atoms with Crippen LogP contribution in [0.15, 0.2) is 18.2 Å². The Labute approximate surface area is 127 Å². The Bertz CT molecular complexity index is 550. The van der Waals surface area contributed by atoms with Crippen LogP contribution in [0, 0.1) is 0 Å². The van der Waals surface area contributed by atoms with E-state index in [2.05, 4.69) is 5.32 Å². The van der Waals surface area contributed by atoms with Crippen LogP contribution in [-0.4, -0.2) is 48.1 Å². The lowest BCUT2D eigenvalue weighted by Crippen LogP contribution is -2.40. The number of carbonyl (C=O) groups is 2. The minimum absolute atomic E-state index is 0.0344. The molecule has 1 atom stereocenters. The monoisotopic (exact) mass is 312 g/mol. The highest BCUT2D eigenvalue weighted by molar-refractivity contribution is 6.31. The number of aliphatic carboxylic acids is 1. The molecule has 1 heterocycles. The lowest BCUT2D eigenvalue weighted by atomic mass is 10.2. The van der Waals surface area contributed by atoms with E-state index < -0.39 is 12.0 Å². The maximum atomic E-state index is 12.1. The van der Waals surface area contributed by atoms with Crippen molar-refractivity contribution in [3.63, 3.8) is 0 Å². The summed E-state index contributed by atoms with van der Waals surface area (Å²) in [6.45, 7) is 0.643. The van der Waals surface area contributed by atoms with Crippen molar-refractivity contribution in [2.45, 2.75) is 18.9 Å². The second kappa shape index (κ2) is 6.78. The quantitative estimate of drug-likeness (QED) is 0.867. The van der Waals surface area contributed by atoms with Crippen molar-refractivity contribution < 1.29 is 19.4 Å². The van der Waals surface area contributed by atoms with E-state index in [1.165, 1.54) is 7.11 Å². The highest BCUT2D eigenvalue weighted by atomic mass is 35.5. The van der Waals surface area contributed by atoms with Crippen LogP contribution in [0.4, 0.5) is 5.69 Å². The second-order valence-electron chi connectivity index (χ2n) is 4.86. The highest BCUT2D eigenvalue weighted by Gasteiger charge is 2.31. The van der Waals surface area contributed by atoms with Crippen molar-refractivity contribution in [2.24, 2.45) is 0 Å². The summed E-state index contributed by atoms with van der Waals surface area (Å²) >= 11 is 5.90. The molecule has 6 nitrogen and oxygen atoms in total. The number of ether oxygens (including phenoxy) is 1. The maximum Gasteiger partial charge on any atom is 0.320 e. The Balaban J connectivity index is 2.02. The van der Waals surface area contributed by atoms with Gasteiger partial charge in [0.05, 0.1) is 19.3 Å². The van der Waals surface area contributed by atoms with Crippen LogP contribution in [0.1, 0.15) is 12.8 Å². The summed E-state index contributed by atoms with van der Waals surface area (Å²) < 4.78 is 5.15. The lowest BCUT2D eigenvalue weighted by Gasteiger charge is -2.20. The number of hydrogen-bond donors (Lipinski definition) is 2. The summed E-state index contributed by atoms with van der Waals surface area (Å²) in [5.74, 6) is -0.673. The van der Waals surface area contributed by atoms with Crippen LogP contribution in [0.25, 0.3) is 0 Å². The summed E-state index contributed by atoms with van der Waals surface area (Å²) in [6, 6.07) is 4.33. The number of carbonyl (C=O) groups excluding carboxylic acids is 1. The second-order valence-corrected chi connectivity index (χ2v) is 5.30. The van der Waals surface area contributed by atoms with Gasteiger partial charge < -0.3 is 15.2 Å². The molecular formula is C14H17ClN2O4. The molecule has 0 spiro atoms. The molecule has 1 aliphatic rings. The van der Waals surface area contributed by atoms with Gasteiger partial charge in [0.1, 0.15) is 11.8 Å². The number of benzene rings is 1. The third-order valence-corrected chi connectivity index (χ3v) is 3.67. The predicted molar refractivity (Wildman–Crippen MR) is 78.9 cm³/mol. The third kappa shape index (κ3) is 3.86. The molecule has 1 aliphatic heterocycles. The van der Waals surface area contributed by atoms with Gasteiger partial charge in [-0.15, -0.1) is 0 Å². The summed E-state index contributed by atoms with van der Waals surface area (Å²) in [4.78, 5) is 24.8. The molecule has 2 rings (SSSR count). The molecule has 1 amide bonds. The number of likely N-dealkylation sites (tertiary alicyclic amines) is 1. The average Bonchev–Trinajstić information content (AvgIpc) is 2.87. The molecule has 1 saturated heterocycles.